The molecule has 6 nitrogen and oxygen atoms in total. The third-order valence-corrected chi connectivity index (χ3v) is 5.79. The van der Waals surface area contributed by atoms with Gasteiger partial charge in [0.25, 0.3) is 5.91 Å². The Labute approximate surface area is 133 Å². The predicted molar refractivity (Wildman–Crippen MR) is 80.8 cm³/mol. The molecule has 1 unspecified atom stereocenters. The number of aliphatic carboxylic acids is 1. The standard InChI is InChI=1S/C14H16ClNO5S/c1-2-22(20,21)10-3-4-12(15)11(7-10)13(17)16-6-5-9(8-16)14(18)19/h3-4,7,9H,2,5-6,8H2,1H3,(H,18,19). The number of amides is 1. The molecule has 0 bridgehead atoms. The highest BCUT2D eigenvalue weighted by molar-refractivity contribution is 7.91. The Balaban J connectivity index is 2.31. The number of hydrogen-bond acceptors (Lipinski definition) is 4. The summed E-state index contributed by atoms with van der Waals surface area (Å²) in [5.41, 5.74) is 0.0854. The van der Waals surface area contributed by atoms with E-state index in [-0.39, 0.29) is 27.8 Å². The summed E-state index contributed by atoms with van der Waals surface area (Å²) in [6.45, 7) is 1.94. The van der Waals surface area contributed by atoms with Gasteiger partial charge in [-0.3, -0.25) is 9.59 Å². The number of benzene rings is 1. The molecule has 1 fully saturated rings. The van der Waals surface area contributed by atoms with Crippen LogP contribution >= 0.6 is 11.6 Å². The molecule has 1 saturated heterocycles. The van der Waals surface area contributed by atoms with Gasteiger partial charge in [0.2, 0.25) is 0 Å². The van der Waals surface area contributed by atoms with Gasteiger partial charge in [-0.25, -0.2) is 8.42 Å². The second-order valence-electron chi connectivity index (χ2n) is 5.12. The van der Waals surface area contributed by atoms with Gasteiger partial charge in [0.05, 0.1) is 27.2 Å². The van der Waals surface area contributed by atoms with Crippen LogP contribution in [0.4, 0.5) is 0 Å². The normalized spacial score (nSPS) is 18.5. The highest BCUT2D eigenvalue weighted by Gasteiger charge is 2.32. The summed E-state index contributed by atoms with van der Waals surface area (Å²) in [5, 5.41) is 9.13. The Hall–Kier alpha value is -1.60. The van der Waals surface area contributed by atoms with Gasteiger partial charge in [0.15, 0.2) is 9.84 Å². The fraction of sp³-hybridized carbons (Fsp3) is 0.429. The molecule has 1 heterocycles. The second-order valence-corrected chi connectivity index (χ2v) is 7.81. The van der Waals surface area contributed by atoms with Crippen molar-refractivity contribution in [2.24, 2.45) is 5.92 Å². The van der Waals surface area contributed by atoms with Crippen molar-refractivity contribution in [1.29, 1.82) is 0 Å². The quantitative estimate of drug-likeness (QED) is 0.896. The molecule has 0 aliphatic carbocycles. The summed E-state index contributed by atoms with van der Waals surface area (Å²) in [6, 6.07) is 4.00. The number of nitrogens with zero attached hydrogens (tertiary/aromatic N) is 1. The van der Waals surface area contributed by atoms with Crippen LogP contribution in [0.25, 0.3) is 0 Å². The number of halogens is 1. The van der Waals surface area contributed by atoms with E-state index >= 15 is 0 Å². The minimum Gasteiger partial charge on any atom is -0.481 e. The van der Waals surface area contributed by atoms with Crippen LogP contribution in [0.5, 0.6) is 0 Å². The monoisotopic (exact) mass is 345 g/mol. The van der Waals surface area contributed by atoms with Crippen LogP contribution in [0, 0.1) is 5.92 Å². The minimum atomic E-state index is -3.44. The average molecular weight is 346 g/mol. The number of carboxylic acid groups (broad SMARTS) is 1. The number of hydrogen-bond donors (Lipinski definition) is 1. The van der Waals surface area contributed by atoms with Crippen LogP contribution in [-0.4, -0.2) is 49.1 Å². The predicted octanol–water partition coefficient (Wildman–Crippen LogP) is 1.68. The number of sulfone groups is 1. The fourth-order valence-corrected chi connectivity index (χ4v) is 3.45. The van der Waals surface area contributed by atoms with Crippen molar-refractivity contribution < 1.29 is 23.1 Å². The molecule has 8 heteroatoms. The number of carbonyl (C=O) groups excluding carboxylic acids is 1. The van der Waals surface area contributed by atoms with Crippen molar-refractivity contribution in [3.63, 3.8) is 0 Å². The van der Waals surface area contributed by atoms with Crippen LogP contribution in [0.2, 0.25) is 5.02 Å². The lowest BCUT2D eigenvalue weighted by molar-refractivity contribution is -0.141. The highest BCUT2D eigenvalue weighted by Crippen LogP contribution is 2.25. The Morgan fingerprint density at radius 3 is 2.64 bits per heavy atom. The van der Waals surface area contributed by atoms with E-state index in [1.54, 1.807) is 0 Å². The zero-order chi connectivity index (χ0) is 16.5. The summed E-state index contributed by atoms with van der Waals surface area (Å²) in [5.74, 6) is -2.05. The molecule has 1 aliphatic heterocycles. The first kappa shape index (κ1) is 16.8. The Morgan fingerprint density at radius 2 is 2.09 bits per heavy atom. The smallest absolute Gasteiger partial charge is 0.308 e. The first-order valence-electron chi connectivity index (χ1n) is 6.80. The van der Waals surface area contributed by atoms with Gasteiger partial charge >= 0.3 is 5.97 Å². The van der Waals surface area contributed by atoms with Crippen LogP contribution in [0.15, 0.2) is 23.1 Å². The maximum atomic E-state index is 12.5. The summed E-state index contributed by atoms with van der Waals surface area (Å²) in [7, 11) is -3.44. The first-order chi connectivity index (χ1) is 10.3. The maximum absolute atomic E-state index is 12.5. The summed E-state index contributed by atoms with van der Waals surface area (Å²) >= 11 is 6.00. The number of likely N-dealkylation sites (tertiary alicyclic amines) is 1. The molecule has 0 saturated carbocycles. The van der Waals surface area contributed by atoms with Crippen molar-refractivity contribution in [1.82, 2.24) is 4.90 Å². The van der Waals surface area contributed by atoms with E-state index in [9.17, 15) is 18.0 Å². The van der Waals surface area contributed by atoms with Gasteiger partial charge < -0.3 is 10.0 Å². The van der Waals surface area contributed by atoms with E-state index < -0.39 is 27.6 Å². The lowest BCUT2D eigenvalue weighted by atomic mass is 10.1. The lowest BCUT2D eigenvalue weighted by Crippen LogP contribution is -2.30. The maximum Gasteiger partial charge on any atom is 0.308 e. The molecular formula is C14H16ClNO5S. The van der Waals surface area contributed by atoms with E-state index in [0.717, 1.165) is 0 Å². The summed E-state index contributed by atoms with van der Waals surface area (Å²) < 4.78 is 23.8. The zero-order valence-electron chi connectivity index (χ0n) is 12.0. The largest absolute Gasteiger partial charge is 0.481 e. The molecule has 2 rings (SSSR count). The minimum absolute atomic E-state index is 0.0386. The Kier molecular flexibility index (Phi) is 4.77. The van der Waals surface area contributed by atoms with Crippen LogP contribution in [0.3, 0.4) is 0 Å². The van der Waals surface area contributed by atoms with Gasteiger partial charge in [0.1, 0.15) is 0 Å². The molecule has 1 atom stereocenters. The number of rotatable bonds is 4. The van der Waals surface area contributed by atoms with Gasteiger partial charge in [-0.05, 0) is 24.6 Å². The molecule has 1 aliphatic rings. The molecule has 1 amide bonds. The molecule has 0 aromatic heterocycles. The summed E-state index contributed by atoms with van der Waals surface area (Å²) in [6.07, 6.45) is 0.381. The second kappa shape index (κ2) is 6.26. The Morgan fingerprint density at radius 1 is 1.41 bits per heavy atom. The molecule has 0 radical (unpaired) electrons. The zero-order valence-corrected chi connectivity index (χ0v) is 13.5. The molecule has 1 aromatic rings. The average Bonchev–Trinajstić information content (AvgIpc) is 2.97. The third kappa shape index (κ3) is 3.25. The van der Waals surface area contributed by atoms with E-state index in [4.69, 9.17) is 16.7 Å². The van der Waals surface area contributed by atoms with Gasteiger partial charge in [0, 0.05) is 13.1 Å². The summed E-state index contributed by atoms with van der Waals surface area (Å²) in [4.78, 5) is 24.8. The molecular weight excluding hydrogens is 330 g/mol. The van der Waals surface area contributed by atoms with E-state index in [2.05, 4.69) is 0 Å². The van der Waals surface area contributed by atoms with Crippen molar-refractivity contribution in [2.45, 2.75) is 18.2 Å². The van der Waals surface area contributed by atoms with Crippen LogP contribution < -0.4 is 0 Å². The van der Waals surface area contributed by atoms with Crippen molar-refractivity contribution in [3.8, 4) is 0 Å². The molecule has 1 N–H and O–H groups in total. The molecule has 22 heavy (non-hydrogen) atoms. The van der Waals surface area contributed by atoms with Crippen molar-refractivity contribution in [2.75, 3.05) is 18.8 Å². The highest BCUT2D eigenvalue weighted by atomic mass is 35.5. The van der Waals surface area contributed by atoms with Crippen LogP contribution in [0.1, 0.15) is 23.7 Å². The van der Waals surface area contributed by atoms with Gasteiger partial charge in [-0.2, -0.15) is 0 Å². The lowest BCUT2D eigenvalue weighted by Gasteiger charge is -2.17. The fourth-order valence-electron chi connectivity index (χ4n) is 2.35. The Bertz CT molecular complexity index is 716. The third-order valence-electron chi connectivity index (χ3n) is 3.73. The molecule has 1 aromatic carbocycles. The van der Waals surface area contributed by atoms with E-state index in [0.29, 0.717) is 13.0 Å². The van der Waals surface area contributed by atoms with Crippen LogP contribution in [-0.2, 0) is 14.6 Å². The van der Waals surface area contributed by atoms with Gasteiger partial charge in [-0.15, -0.1) is 0 Å². The number of carboxylic acids is 1. The van der Waals surface area contributed by atoms with Crippen molar-refractivity contribution >= 4 is 33.3 Å². The molecule has 0 spiro atoms. The van der Waals surface area contributed by atoms with E-state index in [1.165, 1.54) is 30.0 Å². The van der Waals surface area contributed by atoms with Crippen molar-refractivity contribution in [3.05, 3.63) is 28.8 Å². The van der Waals surface area contributed by atoms with Gasteiger partial charge in [-0.1, -0.05) is 18.5 Å². The molecule has 120 valence electrons. The first-order valence-corrected chi connectivity index (χ1v) is 8.83. The number of carbonyl (C=O) groups is 2. The SMILES string of the molecule is CCS(=O)(=O)c1ccc(Cl)c(C(=O)N2CCC(C(=O)O)C2)c1. The van der Waals surface area contributed by atoms with E-state index in [1.807, 2.05) is 0 Å². The topological polar surface area (TPSA) is 91.8 Å².